The first-order chi connectivity index (χ1) is 6.65. The van der Waals surface area contributed by atoms with Crippen LogP contribution < -0.4 is 5.32 Å². The summed E-state index contributed by atoms with van der Waals surface area (Å²) in [5.74, 6) is 3.44. The Balaban J connectivity index is 1.58. The van der Waals surface area contributed by atoms with Crippen LogP contribution in [0.1, 0.15) is 39.5 Å². The van der Waals surface area contributed by atoms with Gasteiger partial charge in [-0.05, 0) is 44.9 Å². The predicted octanol–water partition coefficient (Wildman–Crippen LogP) is 2.66. The Morgan fingerprint density at radius 1 is 1.21 bits per heavy atom. The fraction of sp³-hybridized carbons (Fsp3) is 1.00. The molecule has 2 saturated carbocycles. The second kappa shape index (κ2) is 3.15. The molecule has 3 aliphatic rings. The van der Waals surface area contributed by atoms with E-state index < -0.39 is 0 Å². The van der Waals surface area contributed by atoms with E-state index in [1.807, 2.05) is 0 Å². The largest absolute Gasteiger partial charge is 0.309 e. The van der Waals surface area contributed by atoms with Crippen molar-refractivity contribution in [3.8, 4) is 0 Å². The number of nitrogens with one attached hydrogen (secondary N) is 1. The van der Waals surface area contributed by atoms with Crippen molar-refractivity contribution in [2.45, 2.75) is 56.4 Å². The van der Waals surface area contributed by atoms with E-state index in [-0.39, 0.29) is 0 Å². The first-order valence-corrected chi connectivity index (χ1v) is 7.04. The molecule has 0 amide bonds. The van der Waals surface area contributed by atoms with E-state index in [0.29, 0.717) is 4.75 Å². The normalized spacial score (nSPS) is 49.3. The zero-order chi connectivity index (χ0) is 9.76. The minimum Gasteiger partial charge on any atom is -0.309 e. The van der Waals surface area contributed by atoms with Gasteiger partial charge in [-0.1, -0.05) is 6.42 Å². The third-order valence-corrected chi connectivity index (χ3v) is 6.14. The van der Waals surface area contributed by atoms with Gasteiger partial charge in [0, 0.05) is 22.6 Å². The number of fused-ring (bicyclic) bond motifs is 2. The molecule has 4 atom stereocenters. The highest BCUT2D eigenvalue weighted by atomic mass is 32.2. The molecule has 14 heavy (non-hydrogen) atoms. The summed E-state index contributed by atoms with van der Waals surface area (Å²) in [5, 5.41) is 3.92. The maximum Gasteiger partial charge on any atom is 0.0302 e. The third kappa shape index (κ3) is 1.42. The lowest BCUT2D eigenvalue weighted by Gasteiger charge is -2.46. The average Bonchev–Trinajstić information content (AvgIpc) is 2.73. The molecule has 80 valence electrons. The number of thioether (sulfide) groups is 1. The van der Waals surface area contributed by atoms with Crippen molar-refractivity contribution in [2.75, 3.05) is 5.75 Å². The van der Waals surface area contributed by atoms with Crippen LogP contribution in [0.15, 0.2) is 0 Å². The minimum absolute atomic E-state index is 0.502. The predicted molar refractivity (Wildman–Crippen MR) is 62.7 cm³/mol. The Kier molecular flexibility index (Phi) is 2.14. The van der Waals surface area contributed by atoms with E-state index in [4.69, 9.17) is 0 Å². The minimum atomic E-state index is 0.502. The van der Waals surface area contributed by atoms with Crippen LogP contribution in [0.4, 0.5) is 0 Å². The fourth-order valence-electron chi connectivity index (χ4n) is 3.46. The Bertz CT molecular complexity index is 238. The number of rotatable bonds is 2. The van der Waals surface area contributed by atoms with E-state index in [9.17, 15) is 0 Å². The van der Waals surface area contributed by atoms with Crippen molar-refractivity contribution >= 4 is 11.8 Å². The summed E-state index contributed by atoms with van der Waals surface area (Å²) >= 11 is 2.11. The molecule has 4 unspecified atom stereocenters. The van der Waals surface area contributed by atoms with Crippen molar-refractivity contribution in [3.05, 3.63) is 0 Å². The van der Waals surface area contributed by atoms with Crippen molar-refractivity contribution in [1.82, 2.24) is 5.32 Å². The van der Waals surface area contributed by atoms with Crippen molar-refractivity contribution in [2.24, 2.45) is 11.8 Å². The standard InChI is InChI=1S/C12H21NS/c1-12(2)11(7-14-12)13-10-6-8-3-4-9(10)5-8/h8-11,13H,3-7H2,1-2H3. The lowest BCUT2D eigenvalue weighted by molar-refractivity contribution is 0.297. The first kappa shape index (κ1) is 9.53. The molecule has 3 rings (SSSR count). The van der Waals surface area contributed by atoms with E-state index in [2.05, 4.69) is 30.9 Å². The summed E-state index contributed by atoms with van der Waals surface area (Å²) in [6.07, 6.45) is 6.02. The molecule has 2 aliphatic carbocycles. The Hall–Kier alpha value is 0.310. The average molecular weight is 211 g/mol. The quantitative estimate of drug-likeness (QED) is 0.753. The van der Waals surface area contributed by atoms with Gasteiger partial charge in [-0.3, -0.25) is 0 Å². The summed E-state index contributed by atoms with van der Waals surface area (Å²) in [7, 11) is 0. The van der Waals surface area contributed by atoms with Crippen LogP contribution in [0.25, 0.3) is 0 Å². The van der Waals surface area contributed by atoms with Crippen molar-refractivity contribution in [3.63, 3.8) is 0 Å². The molecule has 0 spiro atoms. The van der Waals surface area contributed by atoms with Crippen molar-refractivity contribution in [1.29, 1.82) is 0 Å². The maximum absolute atomic E-state index is 3.92. The monoisotopic (exact) mass is 211 g/mol. The van der Waals surface area contributed by atoms with Gasteiger partial charge >= 0.3 is 0 Å². The highest BCUT2D eigenvalue weighted by Crippen LogP contribution is 2.47. The fourth-order valence-corrected chi connectivity index (χ4v) is 4.62. The van der Waals surface area contributed by atoms with Gasteiger partial charge in [-0.25, -0.2) is 0 Å². The van der Waals surface area contributed by atoms with Crippen LogP contribution >= 0.6 is 11.8 Å². The van der Waals surface area contributed by atoms with Gasteiger partial charge in [0.05, 0.1) is 0 Å². The van der Waals surface area contributed by atoms with Crippen molar-refractivity contribution < 1.29 is 0 Å². The molecule has 1 aliphatic heterocycles. The molecule has 1 N–H and O–H groups in total. The highest BCUT2D eigenvalue weighted by molar-refractivity contribution is 8.02. The SMILES string of the molecule is CC1(C)SCC1NC1CC2CCC1C2. The number of hydrogen-bond donors (Lipinski definition) is 1. The van der Waals surface area contributed by atoms with Gasteiger partial charge in [0.15, 0.2) is 0 Å². The summed E-state index contributed by atoms with van der Waals surface area (Å²) < 4.78 is 0.502. The van der Waals surface area contributed by atoms with Gasteiger partial charge in [0.1, 0.15) is 0 Å². The lowest BCUT2D eigenvalue weighted by atomic mass is 9.93. The molecule has 3 fully saturated rings. The molecule has 0 radical (unpaired) electrons. The molecule has 2 bridgehead atoms. The van der Waals surface area contributed by atoms with Crippen LogP contribution in [0.2, 0.25) is 0 Å². The third-order valence-electron chi connectivity index (χ3n) is 4.61. The van der Waals surface area contributed by atoms with E-state index in [1.54, 1.807) is 0 Å². The molecule has 0 aromatic heterocycles. The van der Waals surface area contributed by atoms with Gasteiger partial charge in [0.2, 0.25) is 0 Å². The Labute approximate surface area is 91.4 Å². The zero-order valence-corrected chi connectivity index (χ0v) is 10.1. The smallest absolute Gasteiger partial charge is 0.0302 e. The molecule has 2 heteroatoms. The second-order valence-electron chi connectivity index (χ2n) is 5.92. The molecule has 0 aromatic rings. The maximum atomic E-state index is 3.92. The Morgan fingerprint density at radius 3 is 2.50 bits per heavy atom. The first-order valence-electron chi connectivity index (χ1n) is 6.05. The van der Waals surface area contributed by atoms with Crippen LogP contribution in [0.3, 0.4) is 0 Å². The molecule has 1 heterocycles. The second-order valence-corrected chi connectivity index (χ2v) is 7.59. The van der Waals surface area contributed by atoms with Gasteiger partial charge in [-0.15, -0.1) is 0 Å². The van der Waals surface area contributed by atoms with E-state index >= 15 is 0 Å². The Morgan fingerprint density at radius 2 is 2.07 bits per heavy atom. The summed E-state index contributed by atoms with van der Waals surface area (Å²) in [6.45, 7) is 4.76. The van der Waals surface area contributed by atoms with Gasteiger partial charge in [-0.2, -0.15) is 11.8 Å². The van der Waals surface area contributed by atoms with Crippen LogP contribution in [-0.4, -0.2) is 22.6 Å². The molecule has 0 aromatic carbocycles. The van der Waals surface area contributed by atoms with E-state index in [1.165, 1.54) is 31.4 Å². The molecule has 1 saturated heterocycles. The van der Waals surface area contributed by atoms with E-state index in [0.717, 1.165) is 23.9 Å². The van der Waals surface area contributed by atoms with Gasteiger partial charge in [0.25, 0.3) is 0 Å². The molecule has 1 nitrogen and oxygen atoms in total. The topological polar surface area (TPSA) is 12.0 Å². The molecular formula is C12H21NS. The lowest BCUT2D eigenvalue weighted by Crippen LogP contribution is -2.58. The summed E-state index contributed by atoms with van der Waals surface area (Å²) in [6, 6.07) is 1.66. The van der Waals surface area contributed by atoms with Crippen LogP contribution in [0, 0.1) is 11.8 Å². The highest BCUT2D eigenvalue weighted by Gasteiger charge is 2.45. The zero-order valence-electron chi connectivity index (χ0n) is 9.25. The van der Waals surface area contributed by atoms with Crippen LogP contribution in [0.5, 0.6) is 0 Å². The molecular weight excluding hydrogens is 190 g/mol. The number of hydrogen-bond acceptors (Lipinski definition) is 2. The summed E-state index contributed by atoms with van der Waals surface area (Å²) in [4.78, 5) is 0. The summed E-state index contributed by atoms with van der Waals surface area (Å²) in [5.41, 5.74) is 0. The van der Waals surface area contributed by atoms with Gasteiger partial charge < -0.3 is 5.32 Å². The van der Waals surface area contributed by atoms with Crippen LogP contribution in [-0.2, 0) is 0 Å².